The molecule has 2 aromatic rings. The fourth-order valence-corrected chi connectivity index (χ4v) is 3.97. The minimum Gasteiger partial charge on any atom is -0.465 e. The molecule has 1 N–H and O–H groups in total. The van der Waals surface area contributed by atoms with Gasteiger partial charge in [0.1, 0.15) is 5.25 Å². The lowest BCUT2D eigenvalue weighted by Gasteiger charge is -2.16. The van der Waals surface area contributed by atoms with Gasteiger partial charge < -0.3 is 10.1 Å². The van der Waals surface area contributed by atoms with Crippen LogP contribution in [0.4, 0.5) is 11.4 Å². The Kier molecular flexibility index (Phi) is 7.24. The highest BCUT2D eigenvalue weighted by Crippen LogP contribution is 2.31. The van der Waals surface area contributed by atoms with Gasteiger partial charge in [0, 0.05) is 13.0 Å². The molecule has 0 saturated carbocycles. The Morgan fingerprint density at radius 2 is 1.87 bits per heavy atom. The zero-order valence-electron chi connectivity index (χ0n) is 16.8. The van der Waals surface area contributed by atoms with Crippen LogP contribution in [0.1, 0.15) is 30.1 Å². The van der Waals surface area contributed by atoms with Crippen LogP contribution in [0.25, 0.3) is 0 Å². The summed E-state index contributed by atoms with van der Waals surface area (Å²) in [6.07, 6.45) is 0.994. The number of anilines is 1. The van der Waals surface area contributed by atoms with Crippen molar-refractivity contribution in [2.24, 2.45) is 4.99 Å². The molecule has 1 fully saturated rings. The van der Waals surface area contributed by atoms with Crippen molar-refractivity contribution < 1.29 is 19.1 Å². The van der Waals surface area contributed by atoms with E-state index >= 15 is 0 Å². The lowest BCUT2D eigenvalue weighted by Crippen LogP contribution is -2.32. The first-order valence-corrected chi connectivity index (χ1v) is 10.5. The van der Waals surface area contributed by atoms with Gasteiger partial charge in [-0.25, -0.2) is 14.7 Å². The van der Waals surface area contributed by atoms with Gasteiger partial charge in [-0.2, -0.15) is 0 Å². The third-order valence-corrected chi connectivity index (χ3v) is 5.53. The molecule has 1 saturated heterocycles. The number of nitrogens with zero attached hydrogens (tertiary/aromatic N) is 2. The van der Waals surface area contributed by atoms with E-state index in [1.54, 1.807) is 12.1 Å². The van der Waals surface area contributed by atoms with E-state index in [-0.39, 0.29) is 18.2 Å². The maximum atomic E-state index is 13.0. The van der Waals surface area contributed by atoms with Crippen molar-refractivity contribution >= 4 is 46.1 Å². The molecule has 1 unspecified atom stereocenters. The van der Waals surface area contributed by atoms with Crippen LogP contribution in [0.15, 0.2) is 59.6 Å². The highest BCUT2D eigenvalue weighted by atomic mass is 32.2. The highest BCUT2D eigenvalue weighted by Gasteiger charge is 2.40. The molecular weight excluding hydrogens is 402 g/mol. The van der Waals surface area contributed by atoms with Gasteiger partial charge in [-0.05, 0) is 42.8 Å². The van der Waals surface area contributed by atoms with Gasteiger partial charge in [0.05, 0.1) is 24.0 Å². The summed E-state index contributed by atoms with van der Waals surface area (Å²) in [4.78, 5) is 42.9. The molecule has 1 atom stereocenters. The monoisotopic (exact) mass is 425 g/mol. The van der Waals surface area contributed by atoms with Crippen molar-refractivity contribution in [3.05, 3.63) is 60.2 Å². The number of rotatable bonds is 6. The van der Waals surface area contributed by atoms with Crippen LogP contribution in [0.2, 0.25) is 0 Å². The predicted molar refractivity (Wildman–Crippen MR) is 118 cm³/mol. The van der Waals surface area contributed by atoms with Crippen LogP contribution < -0.4 is 10.2 Å². The summed E-state index contributed by atoms with van der Waals surface area (Å²) < 4.78 is 4.68. The molecule has 2 amide bonds. The summed E-state index contributed by atoms with van der Waals surface area (Å²) in [5, 5.41) is 3.28. The Hall–Kier alpha value is -3.13. The smallest absolute Gasteiger partial charge is 0.337 e. The van der Waals surface area contributed by atoms with Gasteiger partial charge in [-0.3, -0.25) is 9.59 Å². The molecule has 0 spiro atoms. The van der Waals surface area contributed by atoms with E-state index in [9.17, 15) is 14.4 Å². The molecule has 2 aromatic carbocycles. The number of esters is 1. The van der Waals surface area contributed by atoms with E-state index in [0.29, 0.717) is 23.0 Å². The van der Waals surface area contributed by atoms with E-state index in [1.807, 2.05) is 37.3 Å². The first kappa shape index (κ1) is 21.6. The number of hydrogen-bond donors (Lipinski definition) is 1. The molecule has 0 radical (unpaired) electrons. The minimum atomic E-state index is -0.565. The van der Waals surface area contributed by atoms with Crippen molar-refractivity contribution in [3.63, 3.8) is 0 Å². The lowest BCUT2D eigenvalue weighted by atomic mass is 10.2. The van der Waals surface area contributed by atoms with E-state index in [4.69, 9.17) is 0 Å². The minimum absolute atomic E-state index is 0.0872. The van der Waals surface area contributed by atoms with E-state index in [1.165, 1.54) is 35.9 Å². The molecule has 1 aliphatic heterocycles. The number of benzene rings is 2. The fraction of sp³-hybridized carbons (Fsp3) is 0.273. The molecule has 1 heterocycles. The first-order chi connectivity index (χ1) is 14.5. The molecule has 0 bridgehead atoms. The van der Waals surface area contributed by atoms with Crippen molar-refractivity contribution in [1.82, 2.24) is 5.32 Å². The summed E-state index contributed by atoms with van der Waals surface area (Å²) in [7, 11) is 1.30. The molecule has 156 valence electrons. The van der Waals surface area contributed by atoms with Gasteiger partial charge in [0.25, 0.3) is 0 Å². The molecule has 3 rings (SSSR count). The zero-order chi connectivity index (χ0) is 21.5. The Balaban J connectivity index is 1.77. The second-order valence-electron chi connectivity index (χ2n) is 6.60. The quantitative estimate of drug-likeness (QED) is 0.330. The van der Waals surface area contributed by atoms with Crippen LogP contribution in [0.5, 0.6) is 0 Å². The number of methoxy groups -OCH3 is 1. The number of amides is 2. The van der Waals surface area contributed by atoms with Crippen LogP contribution in [0.3, 0.4) is 0 Å². The number of carbonyl (C=O) groups is 3. The normalized spacial score (nSPS) is 16.7. The summed E-state index contributed by atoms with van der Waals surface area (Å²) >= 11 is 1.26. The Bertz CT molecular complexity index is 945. The number of hydrogen-bond acceptors (Lipinski definition) is 6. The van der Waals surface area contributed by atoms with Gasteiger partial charge in [-0.1, -0.05) is 36.9 Å². The lowest BCUT2D eigenvalue weighted by molar-refractivity contribution is -0.121. The largest absolute Gasteiger partial charge is 0.465 e. The Morgan fingerprint density at radius 3 is 2.50 bits per heavy atom. The molecule has 30 heavy (non-hydrogen) atoms. The van der Waals surface area contributed by atoms with Crippen molar-refractivity contribution in [2.45, 2.75) is 25.0 Å². The number of nitrogens with one attached hydrogen (secondary N) is 1. The van der Waals surface area contributed by atoms with Crippen LogP contribution >= 0.6 is 11.8 Å². The topological polar surface area (TPSA) is 88.1 Å². The number of thioether (sulfide) groups is 1. The maximum Gasteiger partial charge on any atom is 0.337 e. The molecule has 0 aromatic heterocycles. The third kappa shape index (κ3) is 5.07. The average Bonchev–Trinajstić information content (AvgIpc) is 3.05. The van der Waals surface area contributed by atoms with E-state index < -0.39 is 11.2 Å². The van der Waals surface area contributed by atoms with Gasteiger partial charge in [0.15, 0.2) is 5.17 Å². The summed E-state index contributed by atoms with van der Waals surface area (Å²) in [6, 6.07) is 15.7. The predicted octanol–water partition coefficient (Wildman–Crippen LogP) is 3.53. The van der Waals surface area contributed by atoms with Crippen LogP contribution in [-0.4, -0.2) is 41.9 Å². The number of ether oxygens (including phenoxy) is 1. The van der Waals surface area contributed by atoms with Crippen LogP contribution in [-0.2, 0) is 14.3 Å². The fourth-order valence-electron chi connectivity index (χ4n) is 2.93. The zero-order valence-corrected chi connectivity index (χ0v) is 17.6. The number of para-hydroxylation sites is 1. The Morgan fingerprint density at radius 1 is 1.17 bits per heavy atom. The first-order valence-electron chi connectivity index (χ1n) is 9.63. The molecule has 8 heteroatoms. The standard InChI is InChI=1S/C22H23N3O4S/c1-3-13-23-22(24-16-7-5-4-6-8-16)30-18-14-19(26)25(20(18)27)17-11-9-15(10-12-17)21(28)29-2/h4-12,18H,3,13-14H2,1-2H3,(H,23,24). The van der Waals surface area contributed by atoms with Crippen molar-refractivity contribution in [3.8, 4) is 0 Å². The number of imide groups is 1. The van der Waals surface area contributed by atoms with E-state index in [2.05, 4.69) is 15.0 Å². The SMILES string of the molecule is CCCN/C(=N\c1ccccc1)SC1CC(=O)N(c2ccc(C(=O)OC)cc2)C1=O. The number of amidine groups is 1. The summed E-state index contributed by atoms with van der Waals surface area (Å²) in [5.41, 5.74) is 1.56. The number of aliphatic imine (C=N–C) groups is 1. The highest BCUT2D eigenvalue weighted by molar-refractivity contribution is 8.15. The van der Waals surface area contributed by atoms with Gasteiger partial charge in [-0.15, -0.1) is 0 Å². The van der Waals surface area contributed by atoms with Gasteiger partial charge in [0.2, 0.25) is 11.8 Å². The summed E-state index contributed by atoms with van der Waals surface area (Å²) in [6.45, 7) is 2.76. The molecular formula is C22H23N3O4S. The van der Waals surface area contributed by atoms with Crippen molar-refractivity contribution in [1.29, 1.82) is 0 Å². The van der Waals surface area contributed by atoms with E-state index in [0.717, 1.165) is 12.1 Å². The second-order valence-corrected chi connectivity index (χ2v) is 7.79. The summed E-state index contributed by atoms with van der Waals surface area (Å²) in [5.74, 6) is -1.05. The molecule has 1 aliphatic rings. The third-order valence-electron chi connectivity index (χ3n) is 4.42. The van der Waals surface area contributed by atoms with Crippen molar-refractivity contribution in [2.75, 3.05) is 18.6 Å². The number of carbonyl (C=O) groups excluding carboxylic acids is 3. The maximum absolute atomic E-state index is 13.0. The molecule has 0 aliphatic carbocycles. The van der Waals surface area contributed by atoms with Crippen LogP contribution in [0, 0.1) is 0 Å². The average molecular weight is 426 g/mol. The van der Waals surface area contributed by atoms with Gasteiger partial charge >= 0.3 is 5.97 Å². The molecule has 7 nitrogen and oxygen atoms in total. The second kappa shape index (κ2) is 10.1. The Labute approximate surface area is 179 Å².